The molecular formula is C27H46F3N3O2S. The Morgan fingerprint density at radius 3 is 2.22 bits per heavy atom. The summed E-state index contributed by atoms with van der Waals surface area (Å²) in [5.74, 6) is 0.253. The second-order valence-electron chi connectivity index (χ2n) is 7.76. The summed E-state index contributed by atoms with van der Waals surface area (Å²) in [7, 11) is 1.59. The van der Waals surface area contributed by atoms with E-state index in [0.717, 1.165) is 43.0 Å². The number of halogens is 3. The van der Waals surface area contributed by atoms with Crippen LogP contribution in [0.5, 0.6) is 5.75 Å². The van der Waals surface area contributed by atoms with E-state index < -0.39 is 11.7 Å². The number of nitrogens with two attached hydrogens (primary N) is 1. The van der Waals surface area contributed by atoms with Gasteiger partial charge in [-0.05, 0) is 56.8 Å². The van der Waals surface area contributed by atoms with E-state index in [2.05, 4.69) is 30.6 Å². The number of aldehydes is 1. The molecule has 1 aromatic carbocycles. The van der Waals surface area contributed by atoms with Crippen LogP contribution in [0.2, 0.25) is 0 Å². The molecule has 9 heteroatoms. The van der Waals surface area contributed by atoms with Gasteiger partial charge in [-0.2, -0.15) is 13.2 Å². The summed E-state index contributed by atoms with van der Waals surface area (Å²) in [5.41, 5.74) is 5.24. The van der Waals surface area contributed by atoms with Crippen LogP contribution in [0, 0.1) is 0 Å². The lowest BCUT2D eigenvalue weighted by Crippen LogP contribution is -2.25. The molecule has 0 aliphatic carbocycles. The highest BCUT2D eigenvalue weighted by Gasteiger charge is 2.31. The van der Waals surface area contributed by atoms with Gasteiger partial charge < -0.3 is 15.8 Å². The van der Waals surface area contributed by atoms with Crippen LogP contribution in [-0.2, 0) is 11.0 Å². The quantitative estimate of drug-likeness (QED) is 0.256. The van der Waals surface area contributed by atoms with Gasteiger partial charge in [-0.15, -0.1) is 0 Å². The number of rotatable bonds is 9. The van der Waals surface area contributed by atoms with Gasteiger partial charge in [0.25, 0.3) is 0 Å². The number of likely N-dealkylation sites (tertiary alicyclic amines) is 1. The zero-order chi connectivity index (χ0) is 28.1. The lowest BCUT2D eigenvalue weighted by molar-refractivity contribution is -0.137. The van der Waals surface area contributed by atoms with Crippen molar-refractivity contribution in [1.29, 1.82) is 0 Å². The molecule has 1 atom stereocenters. The highest BCUT2D eigenvalue weighted by molar-refractivity contribution is 8.07. The Morgan fingerprint density at radius 2 is 1.81 bits per heavy atom. The van der Waals surface area contributed by atoms with Crippen molar-refractivity contribution in [2.75, 3.05) is 38.6 Å². The van der Waals surface area contributed by atoms with Gasteiger partial charge in [0.15, 0.2) is 6.29 Å². The predicted molar refractivity (Wildman–Crippen MR) is 150 cm³/mol. The normalized spacial score (nSPS) is 14.1. The summed E-state index contributed by atoms with van der Waals surface area (Å²) in [6.45, 7) is 18.9. The number of allylic oxidation sites excluding steroid dienone is 2. The topological polar surface area (TPSA) is 67.6 Å². The van der Waals surface area contributed by atoms with Crippen LogP contribution in [0.1, 0.15) is 66.4 Å². The first kappa shape index (κ1) is 36.2. The Hall–Kier alpha value is -1.97. The molecule has 0 spiro atoms. The van der Waals surface area contributed by atoms with E-state index in [9.17, 15) is 18.0 Å². The van der Waals surface area contributed by atoms with Crippen molar-refractivity contribution in [3.05, 3.63) is 46.2 Å². The third-order valence-electron chi connectivity index (χ3n) is 4.55. The van der Waals surface area contributed by atoms with E-state index >= 15 is 0 Å². The number of ether oxygens (including phenoxy) is 1. The van der Waals surface area contributed by atoms with E-state index in [0.29, 0.717) is 17.2 Å². The molecular weight excluding hydrogens is 487 g/mol. The Bertz CT molecular complexity index is 763. The second kappa shape index (κ2) is 21.1. The molecule has 2 rings (SSSR count). The first-order valence-electron chi connectivity index (χ1n) is 12.5. The van der Waals surface area contributed by atoms with Gasteiger partial charge in [0.2, 0.25) is 0 Å². The molecule has 0 saturated carbocycles. The van der Waals surface area contributed by atoms with Gasteiger partial charge in [-0.3, -0.25) is 9.69 Å². The van der Waals surface area contributed by atoms with Crippen molar-refractivity contribution >= 4 is 23.7 Å². The van der Waals surface area contributed by atoms with Gasteiger partial charge in [0.05, 0.1) is 5.56 Å². The van der Waals surface area contributed by atoms with Crippen molar-refractivity contribution in [2.24, 2.45) is 5.73 Å². The zero-order valence-corrected chi connectivity index (χ0v) is 23.8. The maximum Gasteiger partial charge on any atom is 0.416 e. The van der Waals surface area contributed by atoms with Crippen molar-refractivity contribution in [1.82, 2.24) is 4.90 Å². The van der Waals surface area contributed by atoms with Gasteiger partial charge in [0, 0.05) is 36.3 Å². The second-order valence-corrected chi connectivity index (χ2v) is 8.96. The maximum atomic E-state index is 12.8. The fraction of sp³-hybridized carbons (Fsp3) is 0.593. The van der Waals surface area contributed by atoms with Gasteiger partial charge in [-0.1, -0.05) is 58.5 Å². The van der Waals surface area contributed by atoms with Crippen LogP contribution in [0.25, 0.3) is 0 Å². The first-order chi connectivity index (χ1) is 17.0. The standard InChI is InChI=1S/C14H19F3N2O.C8H13NOS.C3H8.C2H6/c1-18-12-8-11(14(15,16)17)9-13(10-12)20-7-6-19-4-2-3-5-19;1-4-8(5-10)11-7(3)6(2)9;1-3-2;1-2/h8-10,18H,2-7H2,1H3;4-6H,3,9H2,1-2H3;3H2,1-2H3;1-2H3/b;8-4-;;. The minimum atomic E-state index is -4.36. The molecule has 36 heavy (non-hydrogen) atoms. The van der Waals surface area contributed by atoms with E-state index in [-0.39, 0.29) is 11.8 Å². The zero-order valence-electron chi connectivity index (χ0n) is 23.0. The Labute approximate surface area is 220 Å². The molecule has 5 nitrogen and oxygen atoms in total. The smallest absolute Gasteiger partial charge is 0.416 e. The number of alkyl halides is 3. The van der Waals surface area contributed by atoms with Gasteiger partial charge in [-0.25, -0.2) is 0 Å². The summed E-state index contributed by atoms with van der Waals surface area (Å²) in [6.07, 6.45) is 1.81. The number of hydrogen-bond donors (Lipinski definition) is 2. The molecule has 1 aliphatic heterocycles. The fourth-order valence-corrected chi connectivity index (χ4v) is 3.34. The van der Waals surface area contributed by atoms with E-state index in [1.54, 1.807) is 19.2 Å². The van der Waals surface area contributed by atoms with E-state index in [1.165, 1.54) is 31.0 Å². The Kier molecular flexibility index (Phi) is 21.3. The summed E-state index contributed by atoms with van der Waals surface area (Å²) < 4.78 is 43.7. The number of nitrogens with zero attached hydrogens (tertiary/aromatic N) is 1. The summed E-state index contributed by atoms with van der Waals surface area (Å²) in [6, 6.07) is 3.63. The van der Waals surface area contributed by atoms with Crippen molar-refractivity contribution in [2.45, 2.75) is 73.0 Å². The van der Waals surface area contributed by atoms with Crippen LogP contribution in [-0.4, -0.2) is 50.5 Å². The Morgan fingerprint density at radius 1 is 1.25 bits per heavy atom. The van der Waals surface area contributed by atoms with Crippen LogP contribution >= 0.6 is 11.8 Å². The summed E-state index contributed by atoms with van der Waals surface area (Å²) >= 11 is 1.33. The van der Waals surface area contributed by atoms with Crippen molar-refractivity contribution in [3.8, 4) is 5.75 Å². The molecule has 1 fully saturated rings. The lowest BCUT2D eigenvalue weighted by Gasteiger charge is -2.16. The number of nitrogens with one attached hydrogen (secondary N) is 1. The molecule has 0 radical (unpaired) electrons. The monoisotopic (exact) mass is 533 g/mol. The fourth-order valence-electron chi connectivity index (χ4n) is 2.68. The van der Waals surface area contributed by atoms with Crippen molar-refractivity contribution < 1.29 is 22.7 Å². The SMILES string of the molecule is C=C(S/C(C=O)=C\C)C(C)N.CC.CCC.CNc1cc(OCCN2CCCC2)cc(C(F)(F)F)c1. The van der Waals surface area contributed by atoms with Crippen LogP contribution < -0.4 is 15.8 Å². The number of thioether (sulfide) groups is 1. The van der Waals surface area contributed by atoms with E-state index in [1.807, 2.05) is 27.7 Å². The first-order valence-corrected chi connectivity index (χ1v) is 13.3. The molecule has 0 aromatic heterocycles. The van der Waals surface area contributed by atoms with Crippen LogP contribution in [0.15, 0.2) is 40.7 Å². The average Bonchev–Trinajstić information content (AvgIpc) is 3.37. The summed E-state index contributed by atoms with van der Waals surface area (Å²) in [5, 5.41) is 2.72. The molecule has 1 aromatic rings. The summed E-state index contributed by atoms with van der Waals surface area (Å²) in [4.78, 5) is 14.0. The highest BCUT2D eigenvalue weighted by Crippen LogP contribution is 2.34. The number of hydrogen-bond acceptors (Lipinski definition) is 6. The molecule has 0 amide bonds. The molecule has 1 aliphatic rings. The molecule has 1 unspecified atom stereocenters. The third kappa shape index (κ3) is 16.7. The van der Waals surface area contributed by atoms with Crippen molar-refractivity contribution in [3.63, 3.8) is 0 Å². The molecule has 208 valence electrons. The van der Waals surface area contributed by atoms with Crippen LogP contribution in [0.4, 0.5) is 18.9 Å². The largest absolute Gasteiger partial charge is 0.492 e. The number of benzene rings is 1. The van der Waals surface area contributed by atoms with E-state index in [4.69, 9.17) is 10.5 Å². The Balaban J connectivity index is 0. The maximum absolute atomic E-state index is 12.8. The number of carbonyl (C=O) groups is 1. The lowest BCUT2D eigenvalue weighted by atomic mass is 10.2. The van der Waals surface area contributed by atoms with Gasteiger partial charge in [0.1, 0.15) is 12.4 Å². The highest BCUT2D eigenvalue weighted by atomic mass is 32.2. The third-order valence-corrected chi connectivity index (χ3v) is 5.76. The molecule has 1 saturated heterocycles. The molecule has 0 bridgehead atoms. The number of anilines is 1. The van der Waals surface area contributed by atoms with Crippen LogP contribution in [0.3, 0.4) is 0 Å². The number of carbonyl (C=O) groups excluding carboxylic acids is 1. The predicted octanol–water partition coefficient (Wildman–Crippen LogP) is 7.35. The van der Waals surface area contributed by atoms with Gasteiger partial charge >= 0.3 is 6.18 Å². The molecule has 3 N–H and O–H groups in total. The minimum Gasteiger partial charge on any atom is -0.492 e. The average molecular weight is 534 g/mol. The molecule has 1 heterocycles. The minimum absolute atomic E-state index is 0.0742.